The van der Waals surface area contributed by atoms with Gasteiger partial charge in [0, 0.05) is 12.7 Å². The fourth-order valence-corrected chi connectivity index (χ4v) is 3.08. The molecule has 1 N–H and O–H groups in total. The summed E-state index contributed by atoms with van der Waals surface area (Å²) >= 11 is 1.63. The number of para-hydroxylation sites is 1. The van der Waals surface area contributed by atoms with Crippen molar-refractivity contribution >= 4 is 17.2 Å². The highest BCUT2D eigenvalue weighted by molar-refractivity contribution is 7.13. The van der Waals surface area contributed by atoms with E-state index in [0.717, 1.165) is 16.1 Å². The van der Waals surface area contributed by atoms with Gasteiger partial charge in [0.15, 0.2) is 0 Å². The van der Waals surface area contributed by atoms with Gasteiger partial charge in [-0.25, -0.2) is 0 Å². The number of methoxy groups -OCH3 is 1. The number of ether oxygens (including phenoxy) is 1. The molecule has 3 aromatic rings. The number of hydrogen-bond acceptors (Lipinski definition) is 4. The Morgan fingerprint density at radius 2 is 2.04 bits per heavy atom. The van der Waals surface area contributed by atoms with Crippen molar-refractivity contribution in [2.75, 3.05) is 7.11 Å². The van der Waals surface area contributed by atoms with E-state index in [1.54, 1.807) is 36.8 Å². The zero-order chi connectivity index (χ0) is 16.1. The number of rotatable bonds is 5. The molecule has 0 atom stereocenters. The molecule has 2 heterocycles. The molecule has 0 aliphatic heterocycles. The highest BCUT2D eigenvalue weighted by atomic mass is 32.1. The molecule has 23 heavy (non-hydrogen) atoms. The predicted molar refractivity (Wildman–Crippen MR) is 91.7 cm³/mol. The van der Waals surface area contributed by atoms with Crippen molar-refractivity contribution in [1.82, 2.24) is 10.3 Å². The Morgan fingerprint density at radius 1 is 1.17 bits per heavy atom. The molecule has 116 valence electrons. The van der Waals surface area contributed by atoms with Gasteiger partial charge in [-0.15, -0.1) is 11.3 Å². The van der Waals surface area contributed by atoms with Crippen LogP contribution in [0.2, 0.25) is 0 Å². The Morgan fingerprint density at radius 3 is 2.83 bits per heavy atom. The van der Waals surface area contributed by atoms with Crippen LogP contribution in [0.4, 0.5) is 0 Å². The lowest BCUT2D eigenvalue weighted by Gasteiger charge is -2.11. The van der Waals surface area contributed by atoms with Crippen LogP contribution in [-0.4, -0.2) is 18.0 Å². The van der Waals surface area contributed by atoms with Crippen molar-refractivity contribution in [2.24, 2.45) is 0 Å². The Hall–Kier alpha value is -2.66. The maximum absolute atomic E-state index is 12.4. The maximum atomic E-state index is 12.4. The van der Waals surface area contributed by atoms with Crippen LogP contribution >= 0.6 is 11.3 Å². The first-order chi connectivity index (χ1) is 11.3. The third kappa shape index (κ3) is 3.40. The van der Waals surface area contributed by atoms with E-state index in [2.05, 4.69) is 10.3 Å². The number of carbonyl (C=O) groups is 1. The Balaban J connectivity index is 1.78. The monoisotopic (exact) mass is 324 g/mol. The summed E-state index contributed by atoms with van der Waals surface area (Å²) in [5, 5.41) is 4.95. The van der Waals surface area contributed by atoms with E-state index in [1.165, 1.54) is 0 Å². The van der Waals surface area contributed by atoms with Crippen molar-refractivity contribution in [3.63, 3.8) is 0 Å². The van der Waals surface area contributed by atoms with Crippen LogP contribution in [0.1, 0.15) is 15.9 Å². The van der Waals surface area contributed by atoms with Crippen LogP contribution in [0.5, 0.6) is 5.75 Å². The minimum atomic E-state index is -0.163. The number of nitrogens with zero attached hydrogens (tertiary/aromatic N) is 1. The van der Waals surface area contributed by atoms with Crippen molar-refractivity contribution in [1.29, 1.82) is 0 Å². The molecule has 5 heteroatoms. The summed E-state index contributed by atoms with van der Waals surface area (Å²) in [6.45, 7) is 0.415. The molecule has 0 spiro atoms. The SMILES string of the molecule is COc1ccccc1C(=O)NCc1cccnc1-c1cccs1. The average Bonchev–Trinajstić information content (AvgIpc) is 3.14. The van der Waals surface area contributed by atoms with Gasteiger partial charge in [-0.3, -0.25) is 9.78 Å². The molecule has 4 nitrogen and oxygen atoms in total. The van der Waals surface area contributed by atoms with Crippen LogP contribution < -0.4 is 10.1 Å². The molecular weight excluding hydrogens is 308 g/mol. The number of thiophene rings is 1. The fraction of sp³-hybridized carbons (Fsp3) is 0.111. The summed E-state index contributed by atoms with van der Waals surface area (Å²) in [5.41, 5.74) is 2.41. The summed E-state index contributed by atoms with van der Waals surface area (Å²) in [7, 11) is 1.56. The first-order valence-electron chi connectivity index (χ1n) is 7.18. The third-order valence-electron chi connectivity index (χ3n) is 3.44. The van der Waals surface area contributed by atoms with Crippen LogP contribution in [0, 0.1) is 0 Å². The molecule has 0 unspecified atom stereocenters. The second-order valence-electron chi connectivity index (χ2n) is 4.87. The molecule has 2 aromatic heterocycles. The lowest BCUT2D eigenvalue weighted by molar-refractivity contribution is 0.0948. The van der Waals surface area contributed by atoms with Crippen molar-refractivity contribution in [2.45, 2.75) is 6.54 Å². The lowest BCUT2D eigenvalue weighted by atomic mass is 10.1. The molecule has 1 aromatic carbocycles. The van der Waals surface area contributed by atoms with Gasteiger partial charge in [-0.2, -0.15) is 0 Å². The highest BCUT2D eigenvalue weighted by Gasteiger charge is 2.13. The van der Waals surface area contributed by atoms with E-state index in [9.17, 15) is 4.79 Å². The molecular formula is C18H16N2O2S. The minimum absolute atomic E-state index is 0.163. The first-order valence-corrected chi connectivity index (χ1v) is 8.06. The van der Waals surface area contributed by atoms with Gasteiger partial charge >= 0.3 is 0 Å². The van der Waals surface area contributed by atoms with Gasteiger partial charge in [-0.05, 0) is 35.2 Å². The van der Waals surface area contributed by atoms with Crippen molar-refractivity contribution in [3.8, 4) is 16.3 Å². The largest absolute Gasteiger partial charge is 0.496 e. The summed E-state index contributed by atoms with van der Waals surface area (Å²) < 4.78 is 5.23. The summed E-state index contributed by atoms with van der Waals surface area (Å²) in [6.07, 6.45) is 1.76. The molecule has 1 amide bonds. The summed E-state index contributed by atoms with van der Waals surface area (Å²) in [6, 6.07) is 15.1. The van der Waals surface area contributed by atoms with E-state index in [0.29, 0.717) is 17.9 Å². The fourth-order valence-electron chi connectivity index (χ4n) is 2.32. The smallest absolute Gasteiger partial charge is 0.255 e. The quantitative estimate of drug-likeness (QED) is 0.777. The standard InChI is InChI=1S/C18H16N2O2S/c1-22-15-8-3-2-7-14(15)18(21)20-12-13-6-4-10-19-17(13)16-9-5-11-23-16/h2-11H,12H2,1H3,(H,20,21). The number of hydrogen-bond donors (Lipinski definition) is 1. The van der Waals surface area contributed by atoms with Crippen LogP contribution in [0.25, 0.3) is 10.6 Å². The molecule has 0 radical (unpaired) electrons. The zero-order valence-electron chi connectivity index (χ0n) is 12.7. The molecule has 0 bridgehead atoms. The second-order valence-corrected chi connectivity index (χ2v) is 5.82. The summed E-state index contributed by atoms with van der Waals surface area (Å²) in [4.78, 5) is 17.9. The van der Waals surface area contributed by atoms with Gasteiger partial charge in [0.2, 0.25) is 0 Å². The lowest BCUT2D eigenvalue weighted by Crippen LogP contribution is -2.23. The average molecular weight is 324 g/mol. The van der Waals surface area contributed by atoms with Gasteiger partial charge in [0.25, 0.3) is 5.91 Å². The topological polar surface area (TPSA) is 51.2 Å². The number of aromatic nitrogens is 1. The first kappa shape index (κ1) is 15.2. The van der Waals surface area contributed by atoms with E-state index in [-0.39, 0.29) is 5.91 Å². The molecule has 0 aliphatic carbocycles. The number of benzene rings is 1. The Kier molecular flexibility index (Phi) is 4.68. The number of pyridine rings is 1. The van der Waals surface area contributed by atoms with E-state index in [4.69, 9.17) is 4.74 Å². The maximum Gasteiger partial charge on any atom is 0.255 e. The van der Waals surface area contributed by atoms with Gasteiger partial charge in [0.1, 0.15) is 5.75 Å². The van der Waals surface area contributed by atoms with Gasteiger partial charge in [-0.1, -0.05) is 24.3 Å². The van der Waals surface area contributed by atoms with Crippen molar-refractivity contribution in [3.05, 3.63) is 71.2 Å². The highest BCUT2D eigenvalue weighted by Crippen LogP contribution is 2.26. The zero-order valence-corrected chi connectivity index (χ0v) is 13.5. The number of nitrogens with one attached hydrogen (secondary N) is 1. The molecule has 0 fully saturated rings. The van der Waals surface area contributed by atoms with Gasteiger partial charge in [0.05, 0.1) is 23.2 Å². The second kappa shape index (κ2) is 7.07. The van der Waals surface area contributed by atoms with Crippen LogP contribution in [-0.2, 0) is 6.54 Å². The van der Waals surface area contributed by atoms with E-state index >= 15 is 0 Å². The number of carbonyl (C=O) groups excluding carboxylic acids is 1. The molecule has 0 saturated carbocycles. The van der Waals surface area contributed by atoms with Gasteiger partial charge < -0.3 is 10.1 Å². The van der Waals surface area contributed by atoms with E-state index in [1.807, 2.05) is 41.8 Å². The molecule has 0 saturated heterocycles. The Bertz CT molecular complexity index is 800. The predicted octanol–water partition coefficient (Wildman–Crippen LogP) is 3.75. The molecule has 3 rings (SSSR count). The Labute approximate surface area is 138 Å². The van der Waals surface area contributed by atoms with E-state index < -0.39 is 0 Å². The molecule has 0 aliphatic rings. The van der Waals surface area contributed by atoms with Crippen LogP contribution in [0.15, 0.2) is 60.1 Å². The summed E-state index contributed by atoms with van der Waals surface area (Å²) in [5.74, 6) is 0.401. The van der Waals surface area contributed by atoms with Crippen LogP contribution in [0.3, 0.4) is 0 Å². The van der Waals surface area contributed by atoms with Crippen molar-refractivity contribution < 1.29 is 9.53 Å². The third-order valence-corrected chi connectivity index (χ3v) is 4.31. The number of amides is 1. The minimum Gasteiger partial charge on any atom is -0.496 e. The normalized spacial score (nSPS) is 10.3.